The summed E-state index contributed by atoms with van der Waals surface area (Å²) in [5, 5.41) is 10.8. The molecule has 138 valence electrons. The molecule has 7 nitrogen and oxygen atoms in total. The number of carbonyl (C=O) groups excluding carboxylic acids is 2. The van der Waals surface area contributed by atoms with Gasteiger partial charge in [-0.2, -0.15) is 5.10 Å². The zero-order valence-corrected chi connectivity index (χ0v) is 15.4. The number of carbonyl (C=O) groups is 2. The lowest BCUT2D eigenvalue weighted by atomic mass is 9.90. The van der Waals surface area contributed by atoms with E-state index in [-0.39, 0.29) is 17.7 Å². The zero-order valence-electron chi connectivity index (χ0n) is 14.6. The second-order valence-electron chi connectivity index (χ2n) is 6.33. The SMILES string of the molecule is COC(=O)C(NC(=O)[C@H]1CNC[C@@H]1c1cnn(C)c1)c1ccc(Cl)cc1. The van der Waals surface area contributed by atoms with Crippen molar-refractivity contribution in [3.8, 4) is 0 Å². The molecule has 1 amide bonds. The first-order valence-electron chi connectivity index (χ1n) is 8.32. The number of amides is 1. The van der Waals surface area contributed by atoms with Crippen LogP contribution in [0.15, 0.2) is 36.7 Å². The van der Waals surface area contributed by atoms with E-state index in [0.717, 1.165) is 5.56 Å². The smallest absolute Gasteiger partial charge is 0.333 e. The molecule has 1 aromatic carbocycles. The molecule has 8 heteroatoms. The van der Waals surface area contributed by atoms with Gasteiger partial charge in [-0.1, -0.05) is 23.7 Å². The molecule has 1 fully saturated rings. The second-order valence-corrected chi connectivity index (χ2v) is 6.77. The van der Waals surface area contributed by atoms with Crippen LogP contribution in [-0.2, 0) is 21.4 Å². The number of ether oxygens (including phenoxy) is 1. The number of rotatable bonds is 5. The number of hydrogen-bond donors (Lipinski definition) is 2. The largest absolute Gasteiger partial charge is 0.467 e. The molecule has 0 saturated carbocycles. The van der Waals surface area contributed by atoms with Crippen molar-refractivity contribution in [2.75, 3.05) is 20.2 Å². The van der Waals surface area contributed by atoms with Gasteiger partial charge >= 0.3 is 5.97 Å². The number of halogens is 1. The van der Waals surface area contributed by atoms with Crippen LogP contribution in [0.3, 0.4) is 0 Å². The highest BCUT2D eigenvalue weighted by atomic mass is 35.5. The normalized spacial score (nSPS) is 20.6. The van der Waals surface area contributed by atoms with E-state index >= 15 is 0 Å². The second kappa shape index (κ2) is 7.88. The minimum absolute atomic E-state index is 0.00668. The Morgan fingerprint density at radius 1 is 1.35 bits per heavy atom. The maximum Gasteiger partial charge on any atom is 0.333 e. The molecule has 1 saturated heterocycles. The van der Waals surface area contributed by atoms with Gasteiger partial charge in [0.1, 0.15) is 0 Å². The Morgan fingerprint density at radius 3 is 2.69 bits per heavy atom. The van der Waals surface area contributed by atoms with Gasteiger partial charge in [0.25, 0.3) is 0 Å². The van der Waals surface area contributed by atoms with Crippen LogP contribution in [0, 0.1) is 5.92 Å². The topological polar surface area (TPSA) is 85.2 Å². The summed E-state index contributed by atoms with van der Waals surface area (Å²) in [5.41, 5.74) is 1.62. The molecular weight excluding hydrogens is 356 g/mol. The third-order valence-corrected chi connectivity index (χ3v) is 4.88. The summed E-state index contributed by atoms with van der Waals surface area (Å²) in [6, 6.07) is 5.88. The molecule has 3 atom stereocenters. The van der Waals surface area contributed by atoms with Crippen molar-refractivity contribution in [2.24, 2.45) is 13.0 Å². The van der Waals surface area contributed by atoms with Crippen molar-refractivity contribution in [2.45, 2.75) is 12.0 Å². The third kappa shape index (κ3) is 3.89. The van der Waals surface area contributed by atoms with Crippen LogP contribution in [-0.4, -0.2) is 41.9 Å². The molecule has 1 aliphatic rings. The number of esters is 1. The van der Waals surface area contributed by atoms with Crippen LogP contribution < -0.4 is 10.6 Å². The number of hydrogen-bond acceptors (Lipinski definition) is 5. The molecule has 0 spiro atoms. The standard InChI is InChI=1S/C18H21ClN4O3/c1-23-10-12(7-21-23)14-8-20-9-15(14)17(24)22-16(18(25)26-2)11-3-5-13(19)6-4-11/h3-7,10,14-16,20H,8-9H2,1-2H3,(H,22,24)/t14-,15+,16?/m1/s1. The van der Waals surface area contributed by atoms with E-state index in [1.807, 2.05) is 13.2 Å². The number of methoxy groups -OCH3 is 1. The lowest BCUT2D eigenvalue weighted by Gasteiger charge is -2.22. The minimum atomic E-state index is -0.875. The number of nitrogens with zero attached hydrogens (tertiary/aromatic N) is 2. The Bertz CT molecular complexity index is 790. The average Bonchev–Trinajstić information content (AvgIpc) is 3.28. The van der Waals surface area contributed by atoms with E-state index in [1.165, 1.54) is 7.11 Å². The summed E-state index contributed by atoms with van der Waals surface area (Å²) in [7, 11) is 3.14. The van der Waals surface area contributed by atoms with Gasteiger partial charge in [0.05, 0.1) is 19.2 Å². The number of aryl methyl sites for hydroxylation is 1. The molecule has 1 aromatic heterocycles. The van der Waals surface area contributed by atoms with E-state index in [4.69, 9.17) is 16.3 Å². The predicted octanol–water partition coefficient (Wildman–Crippen LogP) is 1.41. The van der Waals surface area contributed by atoms with Crippen LogP contribution in [0.5, 0.6) is 0 Å². The molecule has 0 radical (unpaired) electrons. The fraction of sp³-hybridized carbons (Fsp3) is 0.389. The van der Waals surface area contributed by atoms with Crippen LogP contribution >= 0.6 is 11.6 Å². The van der Waals surface area contributed by atoms with E-state index < -0.39 is 12.0 Å². The van der Waals surface area contributed by atoms with Gasteiger partial charge < -0.3 is 15.4 Å². The van der Waals surface area contributed by atoms with E-state index in [9.17, 15) is 9.59 Å². The predicted molar refractivity (Wildman–Crippen MR) is 96.7 cm³/mol. The van der Waals surface area contributed by atoms with Crippen molar-refractivity contribution < 1.29 is 14.3 Å². The number of benzene rings is 1. The summed E-state index contributed by atoms with van der Waals surface area (Å²) in [6.45, 7) is 1.23. The summed E-state index contributed by atoms with van der Waals surface area (Å²) in [5.74, 6) is -1.01. The van der Waals surface area contributed by atoms with Crippen LogP contribution in [0.4, 0.5) is 0 Å². The van der Waals surface area contributed by atoms with Crippen LogP contribution in [0.1, 0.15) is 23.1 Å². The molecule has 3 rings (SSSR count). The van der Waals surface area contributed by atoms with Crippen LogP contribution in [0.25, 0.3) is 0 Å². The Hall–Kier alpha value is -2.38. The third-order valence-electron chi connectivity index (χ3n) is 4.63. The molecule has 2 aromatic rings. The van der Waals surface area contributed by atoms with Gasteiger partial charge in [-0.15, -0.1) is 0 Å². The van der Waals surface area contributed by atoms with Crippen molar-refractivity contribution in [3.63, 3.8) is 0 Å². The first kappa shape index (κ1) is 18.4. The summed E-state index contributed by atoms with van der Waals surface area (Å²) >= 11 is 5.91. The van der Waals surface area contributed by atoms with Crippen molar-refractivity contribution in [1.29, 1.82) is 0 Å². The van der Waals surface area contributed by atoms with Crippen molar-refractivity contribution >= 4 is 23.5 Å². The lowest BCUT2D eigenvalue weighted by Crippen LogP contribution is -2.40. The summed E-state index contributed by atoms with van der Waals surface area (Å²) in [4.78, 5) is 25.1. The highest BCUT2D eigenvalue weighted by Gasteiger charge is 2.36. The van der Waals surface area contributed by atoms with Gasteiger partial charge in [0.15, 0.2) is 6.04 Å². The van der Waals surface area contributed by atoms with Gasteiger partial charge in [0, 0.05) is 37.3 Å². The number of nitrogens with one attached hydrogen (secondary N) is 2. The molecule has 0 aliphatic carbocycles. The Kier molecular flexibility index (Phi) is 5.58. The highest BCUT2D eigenvalue weighted by molar-refractivity contribution is 6.30. The first-order valence-corrected chi connectivity index (χ1v) is 8.70. The van der Waals surface area contributed by atoms with Gasteiger partial charge in [-0.05, 0) is 23.3 Å². The van der Waals surface area contributed by atoms with E-state index in [0.29, 0.717) is 23.7 Å². The molecule has 1 aliphatic heterocycles. The quantitative estimate of drug-likeness (QED) is 0.771. The molecule has 1 unspecified atom stereocenters. The Balaban J connectivity index is 1.78. The summed E-state index contributed by atoms with van der Waals surface area (Å²) < 4.78 is 6.58. The minimum Gasteiger partial charge on any atom is -0.467 e. The lowest BCUT2D eigenvalue weighted by molar-refractivity contribution is -0.145. The molecular formula is C18H21ClN4O3. The average molecular weight is 377 g/mol. The first-order chi connectivity index (χ1) is 12.5. The molecule has 2 heterocycles. The number of aromatic nitrogens is 2. The Labute approximate surface area is 156 Å². The molecule has 26 heavy (non-hydrogen) atoms. The maximum absolute atomic E-state index is 12.9. The highest BCUT2D eigenvalue weighted by Crippen LogP contribution is 2.29. The van der Waals surface area contributed by atoms with Gasteiger partial charge in [-0.3, -0.25) is 9.48 Å². The van der Waals surface area contributed by atoms with Crippen molar-refractivity contribution in [1.82, 2.24) is 20.4 Å². The molecule has 2 N–H and O–H groups in total. The fourth-order valence-electron chi connectivity index (χ4n) is 3.24. The maximum atomic E-state index is 12.9. The van der Waals surface area contributed by atoms with E-state index in [1.54, 1.807) is 35.1 Å². The monoisotopic (exact) mass is 376 g/mol. The van der Waals surface area contributed by atoms with E-state index in [2.05, 4.69) is 15.7 Å². The van der Waals surface area contributed by atoms with Crippen LogP contribution in [0.2, 0.25) is 5.02 Å². The van der Waals surface area contributed by atoms with Gasteiger partial charge in [-0.25, -0.2) is 4.79 Å². The van der Waals surface area contributed by atoms with Crippen molar-refractivity contribution in [3.05, 3.63) is 52.8 Å². The zero-order chi connectivity index (χ0) is 18.7. The Morgan fingerprint density at radius 2 is 2.08 bits per heavy atom. The fourth-order valence-corrected chi connectivity index (χ4v) is 3.36. The summed E-state index contributed by atoms with van der Waals surface area (Å²) in [6.07, 6.45) is 3.68. The van der Waals surface area contributed by atoms with Gasteiger partial charge in [0.2, 0.25) is 5.91 Å². The molecule has 0 bridgehead atoms.